The first kappa shape index (κ1) is 13.9. The molecule has 1 aliphatic heterocycles. The van der Waals surface area contributed by atoms with Gasteiger partial charge in [0, 0.05) is 42.3 Å². The Balaban J connectivity index is 1.67. The van der Waals surface area contributed by atoms with E-state index in [0.29, 0.717) is 0 Å². The molecule has 1 amide bonds. The van der Waals surface area contributed by atoms with Gasteiger partial charge in [-0.15, -0.1) is 0 Å². The summed E-state index contributed by atoms with van der Waals surface area (Å²) in [5.41, 5.74) is 0.495. The fourth-order valence-electron chi connectivity index (χ4n) is 2.44. The number of anilines is 1. The number of nitrogens with one attached hydrogen (secondary N) is 2. The highest BCUT2D eigenvalue weighted by Crippen LogP contribution is 2.20. The van der Waals surface area contributed by atoms with Crippen LogP contribution in [-0.4, -0.2) is 40.0 Å². The lowest BCUT2D eigenvalue weighted by atomic mass is 9.95. The molecule has 0 radical (unpaired) electrons. The fraction of sp³-hybridized carbons (Fsp3) is 0.533. The lowest BCUT2D eigenvalue weighted by Gasteiger charge is -2.22. The van der Waals surface area contributed by atoms with Gasteiger partial charge in [0.2, 0.25) is 11.9 Å². The average molecular weight is 287 g/mol. The highest BCUT2D eigenvalue weighted by atomic mass is 16.2. The summed E-state index contributed by atoms with van der Waals surface area (Å²) in [5, 5.41) is 4.12. The van der Waals surface area contributed by atoms with Gasteiger partial charge in [0.05, 0.1) is 0 Å². The number of hydrogen-bond acceptors (Lipinski definition) is 4. The number of aromatic amines is 1. The summed E-state index contributed by atoms with van der Waals surface area (Å²) in [6.45, 7) is 7.40. The van der Waals surface area contributed by atoms with Gasteiger partial charge >= 0.3 is 0 Å². The first-order chi connectivity index (χ1) is 9.93. The summed E-state index contributed by atoms with van der Waals surface area (Å²) in [6.07, 6.45) is 4.61. The molecule has 2 N–H and O–H groups in total. The molecule has 0 bridgehead atoms. The van der Waals surface area contributed by atoms with Crippen molar-refractivity contribution in [1.29, 1.82) is 0 Å². The lowest BCUT2D eigenvalue weighted by molar-refractivity contribution is -0.129. The number of fused-ring (bicyclic) bond motifs is 1. The Morgan fingerprint density at radius 2 is 2.29 bits per heavy atom. The third-order valence-electron chi connectivity index (χ3n) is 3.77. The van der Waals surface area contributed by atoms with E-state index in [1.807, 2.05) is 39.2 Å². The van der Waals surface area contributed by atoms with Crippen molar-refractivity contribution in [3.8, 4) is 0 Å². The topological polar surface area (TPSA) is 73.9 Å². The van der Waals surface area contributed by atoms with E-state index in [1.54, 1.807) is 0 Å². The Morgan fingerprint density at radius 3 is 3.05 bits per heavy atom. The molecule has 1 fully saturated rings. The zero-order valence-corrected chi connectivity index (χ0v) is 12.7. The number of carbonyl (C=O) groups is 1. The fourth-order valence-corrected chi connectivity index (χ4v) is 2.44. The van der Waals surface area contributed by atoms with Gasteiger partial charge in [-0.25, -0.2) is 4.98 Å². The normalized spacial score (nSPS) is 19.2. The van der Waals surface area contributed by atoms with Crippen molar-refractivity contribution in [3.05, 3.63) is 18.5 Å². The van der Waals surface area contributed by atoms with Gasteiger partial charge < -0.3 is 15.2 Å². The SMILES string of the molecule is CC(C)(C)C(=O)NC1CCN(c2ncc3cc[nH]c3n2)C1. The minimum absolute atomic E-state index is 0.0927. The van der Waals surface area contributed by atoms with Crippen LogP contribution < -0.4 is 10.2 Å². The van der Waals surface area contributed by atoms with Gasteiger partial charge in [-0.1, -0.05) is 20.8 Å². The van der Waals surface area contributed by atoms with Crippen LogP contribution in [0.5, 0.6) is 0 Å². The maximum atomic E-state index is 12.0. The lowest BCUT2D eigenvalue weighted by Crippen LogP contribution is -2.43. The second kappa shape index (κ2) is 5.02. The summed E-state index contributed by atoms with van der Waals surface area (Å²) in [5.74, 6) is 0.813. The van der Waals surface area contributed by atoms with Crippen LogP contribution in [0.2, 0.25) is 0 Å². The highest BCUT2D eigenvalue weighted by Gasteiger charge is 2.29. The minimum atomic E-state index is -0.354. The van der Waals surface area contributed by atoms with Gasteiger partial charge in [-0.05, 0) is 12.5 Å². The van der Waals surface area contributed by atoms with Gasteiger partial charge in [-0.2, -0.15) is 4.98 Å². The molecule has 2 aromatic rings. The van der Waals surface area contributed by atoms with Crippen molar-refractivity contribution in [2.45, 2.75) is 33.2 Å². The largest absolute Gasteiger partial charge is 0.351 e. The summed E-state index contributed by atoms with van der Waals surface area (Å²) in [6, 6.07) is 2.12. The van der Waals surface area contributed by atoms with E-state index in [1.165, 1.54) is 0 Å². The zero-order chi connectivity index (χ0) is 15.0. The molecule has 0 spiro atoms. The monoisotopic (exact) mass is 287 g/mol. The standard InChI is InChI=1S/C15H21N5O/c1-15(2,3)13(21)18-11-5-7-20(9-11)14-17-8-10-4-6-16-12(10)19-14/h4,6,8,11H,5,7,9H2,1-3H3,(H,18,21)(H,16,17,19). The molecule has 2 aromatic heterocycles. The van der Waals surface area contributed by atoms with Crippen LogP contribution in [-0.2, 0) is 4.79 Å². The van der Waals surface area contributed by atoms with E-state index in [0.717, 1.165) is 36.5 Å². The maximum Gasteiger partial charge on any atom is 0.227 e. The molecule has 0 aliphatic carbocycles. The van der Waals surface area contributed by atoms with Crippen LogP contribution in [0.15, 0.2) is 18.5 Å². The Morgan fingerprint density at radius 1 is 1.48 bits per heavy atom. The number of carbonyl (C=O) groups excluding carboxylic acids is 1. The molecule has 1 atom stereocenters. The Bertz CT molecular complexity index is 657. The smallest absolute Gasteiger partial charge is 0.227 e. The van der Waals surface area contributed by atoms with Crippen molar-refractivity contribution >= 4 is 22.9 Å². The third-order valence-corrected chi connectivity index (χ3v) is 3.77. The molecule has 1 aliphatic rings. The molecule has 112 valence electrons. The van der Waals surface area contributed by atoms with Crippen LogP contribution in [0.4, 0.5) is 5.95 Å². The second-order valence-electron chi connectivity index (χ2n) is 6.61. The third kappa shape index (κ3) is 2.84. The second-order valence-corrected chi connectivity index (χ2v) is 6.61. The molecule has 6 nitrogen and oxygen atoms in total. The van der Waals surface area contributed by atoms with Gasteiger partial charge in [0.25, 0.3) is 0 Å². The van der Waals surface area contributed by atoms with Crippen LogP contribution in [0.3, 0.4) is 0 Å². The van der Waals surface area contributed by atoms with E-state index in [9.17, 15) is 4.79 Å². The van der Waals surface area contributed by atoms with Gasteiger partial charge in [0.15, 0.2) is 0 Å². The number of hydrogen-bond donors (Lipinski definition) is 2. The molecular formula is C15H21N5O. The number of aromatic nitrogens is 3. The molecule has 0 saturated carbocycles. The predicted molar refractivity (Wildman–Crippen MR) is 82.1 cm³/mol. The minimum Gasteiger partial charge on any atom is -0.351 e. The molecule has 6 heteroatoms. The Hall–Kier alpha value is -2.11. The van der Waals surface area contributed by atoms with E-state index in [2.05, 4.69) is 25.2 Å². The van der Waals surface area contributed by atoms with E-state index >= 15 is 0 Å². The van der Waals surface area contributed by atoms with Crippen molar-refractivity contribution in [2.75, 3.05) is 18.0 Å². The van der Waals surface area contributed by atoms with E-state index < -0.39 is 0 Å². The summed E-state index contributed by atoms with van der Waals surface area (Å²) in [4.78, 5) is 26.2. The average Bonchev–Trinajstić information content (AvgIpc) is 3.04. The van der Waals surface area contributed by atoms with Crippen LogP contribution in [0.25, 0.3) is 11.0 Å². The number of amides is 1. The number of nitrogens with zero attached hydrogens (tertiary/aromatic N) is 3. The predicted octanol–water partition coefficient (Wildman–Crippen LogP) is 1.70. The van der Waals surface area contributed by atoms with Crippen molar-refractivity contribution in [1.82, 2.24) is 20.3 Å². The zero-order valence-electron chi connectivity index (χ0n) is 12.7. The van der Waals surface area contributed by atoms with E-state index in [-0.39, 0.29) is 17.4 Å². The summed E-state index contributed by atoms with van der Waals surface area (Å²) >= 11 is 0. The van der Waals surface area contributed by atoms with E-state index in [4.69, 9.17) is 0 Å². The Labute approximate surface area is 124 Å². The molecule has 3 heterocycles. The van der Waals surface area contributed by atoms with Crippen LogP contribution in [0, 0.1) is 5.41 Å². The van der Waals surface area contributed by atoms with Gasteiger partial charge in [0.1, 0.15) is 5.65 Å². The van der Waals surface area contributed by atoms with Crippen LogP contribution in [0.1, 0.15) is 27.2 Å². The van der Waals surface area contributed by atoms with Crippen molar-refractivity contribution < 1.29 is 4.79 Å². The molecule has 1 unspecified atom stereocenters. The van der Waals surface area contributed by atoms with Crippen LogP contribution >= 0.6 is 0 Å². The molecule has 0 aromatic carbocycles. The van der Waals surface area contributed by atoms with Crippen molar-refractivity contribution in [3.63, 3.8) is 0 Å². The van der Waals surface area contributed by atoms with Gasteiger partial charge in [-0.3, -0.25) is 4.79 Å². The summed E-state index contributed by atoms with van der Waals surface area (Å²) < 4.78 is 0. The summed E-state index contributed by atoms with van der Waals surface area (Å²) in [7, 11) is 0. The Kier molecular flexibility index (Phi) is 3.31. The number of rotatable bonds is 2. The first-order valence-electron chi connectivity index (χ1n) is 7.29. The molecule has 1 saturated heterocycles. The highest BCUT2D eigenvalue weighted by molar-refractivity contribution is 5.81. The molecule has 3 rings (SSSR count). The number of H-pyrrole nitrogens is 1. The maximum absolute atomic E-state index is 12.0. The molecule has 21 heavy (non-hydrogen) atoms. The quantitative estimate of drug-likeness (QED) is 0.881. The first-order valence-corrected chi connectivity index (χ1v) is 7.29. The molecular weight excluding hydrogens is 266 g/mol. The van der Waals surface area contributed by atoms with Crippen molar-refractivity contribution in [2.24, 2.45) is 5.41 Å².